The van der Waals surface area contributed by atoms with Gasteiger partial charge in [-0.3, -0.25) is 4.79 Å². The number of nitrogens with zero attached hydrogens (tertiary/aromatic N) is 3. The summed E-state index contributed by atoms with van der Waals surface area (Å²) in [7, 11) is 0. The standard InChI is InChI=1S/C24H27Cl2N3O4/c1-4-11-29(15-21-27-28-23(33-21)17-9-7-8-10-18(17)25)24(30)16-13-19(26)22(32-12-5-2)20(14-16)31-6-3/h7-10,13-14H,4-6,11-12,15H2,1-3H3. The fourth-order valence-corrected chi connectivity index (χ4v) is 3.71. The molecule has 0 fully saturated rings. The van der Waals surface area contributed by atoms with Crippen molar-refractivity contribution in [2.24, 2.45) is 0 Å². The van der Waals surface area contributed by atoms with E-state index >= 15 is 0 Å². The van der Waals surface area contributed by atoms with Crippen molar-refractivity contribution in [2.45, 2.75) is 40.2 Å². The van der Waals surface area contributed by atoms with Crippen LogP contribution in [0.15, 0.2) is 40.8 Å². The molecule has 0 saturated heterocycles. The Morgan fingerprint density at radius 3 is 2.52 bits per heavy atom. The van der Waals surface area contributed by atoms with E-state index in [-0.39, 0.29) is 12.5 Å². The maximum Gasteiger partial charge on any atom is 0.254 e. The summed E-state index contributed by atoms with van der Waals surface area (Å²) in [6.45, 7) is 7.43. The van der Waals surface area contributed by atoms with Crippen molar-refractivity contribution in [1.29, 1.82) is 0 Å². The number of carbonyl (C=O) groups excluding carboxylic acids is 1. The second kappa shape index (κ2) is 11.9. The number of amides is 1. The van der Waals surface area contributed by atoms with Gasteiger partial charge in [0.15, 0.2) is 11.5 Å². The van der Waals surface area contributed by atoms with E-state index in [0.29, 0.717) is 64.2 Å². The maximum absolute atomic E-state index is 13.4. The third-order valence-corrected chi connectivity index (χ3v) is 5.30. The van der Waals surface area contributed by atoms with E-state index in [2.05, 4.69) is 10.2 Å². The SMILES string of the molecule is CCCOc1c(Cl)cc(C(=O)N(CCC)Cc2nnc(-c3ccccc3Cl)o2)cc1OCC. The lowest BCUT2D eigenvalue weighted by Gasteiger charge is -2.21. The highest BCUT2D eigenvalue weighted by Crippen LogP contribution is 2.37. The van der Waals surface area contributed by atoms with Gasteiger partial charge in [-0.25, -0.2) is 0 Å². The van der Waals surface area contributed by atoms with Gasteiger partial charge in [0, 0.05) is 12.1 Å². The summed E-state index contributed by atoms with van der Waals surface area (Å²) in [5.74, 6) is 1.28. The molecule has 2 aromatic carbocycles. The number of rotatable bonds is 11. The number of hydrogen-bond donors (Lipinski definition) is 0. The van der Waals surface area contributed by atoms with Gasteiger partial charge in [0.1, 0.15) is 0 Å². The van der Waals surface area contributed by atoms with E-state index < -0.39 is 0 Å². The third-order valence-electron chi connectivity index (χ3n) is 4.68. The van der Waals surface area contributed by atoms with E-state index in [1.165, 1.54) is 0 Å². The first-order valence-electron chi connectivity index (χ1n) is 10.9. The number of hydrogen-bond acceptors (Lipinski definition) is 6. The summed E-state index contributed by atoms with van der Waals surface area (Å²) >= 11 is 12.7. The molecule has 3 rings (SSSR count). The van der Waals surface area contributed by atoms with Crippen LogP contribution in [0.3, 0.4) is 0 Å². The Morgan fingerprint density at radius 2 is 1.82 bits per heavy atom. The van der Waals surface area contributed by atoms with Crippen molar-refractivity contribution in [3.05, 3.63) is 57.9 Å². The molecule has 0 aliphatic heterocycles. The fourth-order valence-electron chi connectivity index (χ4n) is 3.23. The normalized spacial score (nSPS) is 10.8. The number of halogens is 2. The first kappa shape index (κ1) is 24.9. The van der Waals surface area contributed by atoms with Gasteiger partial charge in [0.25, 0.3) is 5.91 Å². The molecule has 0 N–H and O–H groups in total. The lowest BCUT2D eigenvalue weighted by atomic mass is 10.1. The van der Waals surface area contributed by atoms with Crippen LogP contribution in [-0.4, -0.2) is 40.8 Å². The smallest absolute Gasteiger partial charge is 0.254 e. The number of ether oxygens (including phenoxy) is 2. The molecule has 0 spiro atoms. The molecule has 9 heteroatoms. The predicted octanol–water partition coefficient (Wildman–Crippen LogP) is 6.28. The van der Waals surface area contributed by atoms with Gasteiger partial charge in [0.05, 0.1) is 35.4 Å². The molecule has 0 aliphatic rings. The highest BCUT2D eigenvalue weighted by Gasteiger charge is 2.23. The summed E-state index contributed by atoms with van der Waals surface area (Å²) < 4.78 is 17.2. The van der Waals surface area contributed by atoms with Crippen molar-refractivity contribution < 1.29 is 18.7 Å². The van der Waals surface area contributed by atoms with E-state index in [1.54, 1.807) is 29.2 Å². The van der Waals surface area contributed by atoms with Crippen LogP contribution in [0.4, 0.5) is 0 Å². The molecule has 3 aromatic rings. The average molecular weight is 492 g/mol. The molecule has 0 radical (unpaired) electrons. The van der Waals surface area contributed by atoms with Crippen LogP contribution < -0.4 is 9.47 Å². The lowest BCUT2D eigenvalue weighted by Crippen LogP contribution is -2.31. The Labute approximate surface area is 203 Å². The van der Waals surface area contributed by atoms with Crippen molar-refractivity contribution >= 4 is 29.1 Å². The van der Waals surface area contributed by atoms with Gasteiger partial charge in [0.2, 0.25) is 11.8 Å². The topological polar surface area (TPSA) is 77.7 Å². The summed E-state index contributed by atoms with van der Waals surface area (Å²) in [5.41, 5.74) is 1.04. The molecular weight excluding hydrogens is 465 g/mol. The molecule has 0 aliphatic carbocycles. The van der Waals surface area contributed by atoms with Crippen LogP contribution in [0.1, 0.15) is 49.9 Å². The average Bonchev–Trinajstić information content (AvgIpc) is 3.26. The van der Waals surface area contributed by atoms with Crippen molar-refractivity contribution in [3.8, 4) is 23.0 Å². The van der Waals surface area contributed by atoms with E-state index in [9.17, 15) is 4.79 Å². The van der Waals surface area contributed by atoms with Gasteiger partial charge in [-0.1, -0.05) is 49.2 Å². The van der Waals surface area contributed by atoms with Crippen LogP contribution in [0.5, 0.6) is 11.5 Å². The first-order valence-corrected chi connectivity index (χ1v) is 11.7. The molecule has 1 amide bonds. The van der Waals surface area contributed by atoms with Gasteiger partial charge in [-0.15, -0.1) is 10.2 Å². The molecular formula is C24H27Cl2N3O4. The highest BCUT2D eigenvalue weighted by molar-refractivity contribution is 6.33. The molecule has 176 valence electrons. The minimum absolute atomic E-state index is 0.153. The van der Waals surface area contributed by atoms with Crippen LogP contribution in [-0.2, 0) is 6.54 Å². The third kappa shape index (κ3) is 6.18. The Morgan fingerprint density at radius 1 is 1.03 bits per heavy atom. The number of carbonyl (C=O) groups is 1. The van der Waals surface area contributed by atoms with Crippen molar-refractivity contribution in [3.63, 3.8) is 0 Å². The van der Waals surface area contributed by atoms with Crippen LogP contribution >= 0.6 is 23.2 Å². The highest BCUT2D eigenvalue weighted by atomic mass is 35.5. The van der Waals surface area contributed by atoms with Gasteiger partial charge in [-0.2, -0.15) is 0 Å². The summed E-state index contributed by atoms with van der Waals surface area (Å²) in [4.78, 5) is 15.0. The lowest BCUT2D eigenvalue weighted by molar-refractivity contribution is 0.0728. The molecule has 0 unspecified atom stereocenters. The molecule has 1 heterocycles. The quantitative estimate of drug-likeness (QED) is 0.313. The summed E-state index contributed by atoms with van der Waals surface area (Å²) in [6, 6.07) is 10.5. The summed E-state index contributed by atoms with van der Waals surface area (Å²) in [6.07, 6.45) is 1.58. The van der Waals surface area contributed by atoms with Crippen molar-refractivity contribution in [2.75, 3.05) is 19.8 Å². The largest absolute Gasteiger partial charge is 0.490 e. The molecule has 0 saturated carbocycles. The minimum Gasteiger partial charge on any atom is -0.490 e. The Balaban J connectivity index is 1.85. The van der Waals surface area contributed by atoms with E-state index in [1.807, 2.05) is 32.9 Å². The van der Waals surface area contributed by atoms with E-state index in [0.717, 1.165) is 12.8 Å². The minimum atomic E-state index is -0.223. The fraction of sp³-hybridized carbons (Fsp3) is 0.375. The predicted molar refractivity (Wildman–Crippen MR) is 128 cm³/mol. The molecule has 7 nitrogen and oxygen atoms in total. The van der Waals surface area contributed by atoms with Crippen molar-refractivity contribution in [1.82, 2.24) is 15.1 Å². The van der Waals surface area contributed by atoms with E-state index in [4.69, 9.17) is 37.1 Å². The Hall–Kier alpha value is -2.77. The second-order valence-corrected chi connectivity index (χ2v) is 8.09. The zero-order chi connectivity index (χ0) is 23.8. The Bertz CT molecular complexity index is 1090. The number of aromatic nitrogens is 2. The number of benzene rings is 2. The van der Waals surface area contributed by atoms with Crippen LogP contribution in [0.2, 0.25) is 10.0 Å². The monoisotopic (exact) mass is 491 g/mol. The van der Waals surface area contributed by atoms with Gasteiger partial charge >= 0.3 is 0 Å². The van der Waals surface area contributed by atoms with Gasteiger partial charge < -0.3 is 18.8 Å². The second-order valence-electron chi connectivity index (χ2n) is 7.27. The first-order chi connectivity index (χ1) is 16.0. The Kier molecular flexibility index (Phi) is 8.97. The molecule has 0 atom stereocenters. The van der Waals surface area contributed by atoms with Crippen LogP contribution in [0, 0.1) is 0 Å². The molecule has 33 heavy (non-hydrogen) atoms. The zero-order valence-electron chi connectivity index (χ0n) is 18.9. The van der Waals surface area contributed by atoms with Gasteiger partial charge in [-0.05, 0) is 44.0 Å². The van der Waals surface area contributed by atoms with Crippen LogP contribution in [0.25, 0.3) is 11.5 Å². The molecule has 1 aromatic heterocycles. The maximum atomic E-state index is 13.4. The zero-order valence-corrected chi connectivity index (χ0v) is 20.4. The molecule has 0 bridgehead atoms. The summed E-state index contributed by atoms with van der Waals surface area (Å²) in [5, 5.41) is 9.03.